The normalized spacial score (nSPS) is 12.8. The summed E-state index contributed by atoms with van der Waals surface area (Å²) in [5, 5.41) is 21.9. The standard InChI is InChI=1S/C29H30N2O6/c32-21(16-27(33)31(15-14-28(34)35)18-20-8-2-1-3-9-20)17-30-29(36)37-19-26-24-12-6-4-10-22(24)23-11-5-7-13-25(23)26/h1-13,21,26,32H,14-19H2,(H,30,36)(H,34,35). The average Bonchev–Trinajstić information content (AvgIpc) is 3.22. The molecule has 0 bridgehead atoms. The number of aliphatic hydroxyl groups excluding tert-OH is 1. The van der Waals surface area contributed by atoms with Crippen LogP contribution in [0, 0.1) is 0 Å². The van der Waals surface area contributed by atoms with Crippen molar-refractivity contribution < 1.29 is 29.3 Å². The van der Waals surface area contributed by atoms with Crippen LogP contribution in [0.3, 0.4) is 0 Å². The number of carboxylic acid groups (broad SMARTS) is 1. The molecule has 3 N–H and O–H groups in total. The highest BCUT2D eigenvalue weighted by Gasteiger charge is 2.29. The number of aliphatic carboxylic acids is 1. The fourth-order valence-corrected chi connectivity index (χ4v) is 4.58. The molecule has 8 nitrogen and oxygen atoms in total. The summed E-state index contributed by atoms with van der Waals surface area (Å²) in [7, 11) is 0. The molecule has 0 radical (unpaired) electrons. The fraction of sp³-hybridized carbons (Fsp3) is 0.276. The van der Waals surface area contributed by atoms with Crippen molar-refractivity contribution in [2.75, 3.05) is 19.7 Å². The van der Waals surface area contributed by atoms with Gasteiger partial charge in [0, 0.05) is 25.6 Å². The molecule has 8 heteroatoms. The largest absolute Gasteiger partial charge is 0.481 e. The van der Waals surface area contributed by atoms with Gasteiger partial charge in [-0.1, -0.05) is 78.9 Å². The predicted octanol–water partition coefficient (Wildman–Crippen LogP) is 3.78. The first-order valence-electron chi connectivity index (χ1n) is 12.2. The first-order valence-corrected chi connectivity index (χ1v) is 12.2. The number of carbonyl (C=O) groups excluding carboxylic acids is 2. The lowest BCUT2D eigenvalue weighted by Crippen LogP contribution is -2.39. The number of alkyl carbamates (subject to hydrolysis) is 1. The molecule has 192 valence electrons. The molecule has 0 aliphatic heterocycles. The Hall–Kier alpha value is -4.17. The second kappa shape index (κ2) is 12.2. The third kappa shape index (κ3) is 6.74. The zero-order valence-corrected chi connectivity index (χ0v) is 20.4. The van der Waals surface area contributed by atoms with Crippen LogP contribution in [-0.4, -0.2) is 58.9 Å². The maximum atomic E-state index is 12.8. The Labute approximate surface area is 215 Å². The number of fused-ring (bicyclic) bond motifs is 3. The van der Waals surface area contributed by atoms with Crippen LogP contribution in [0.15, 0.2) is 78.9 Å². The minimum absolute atomic E-state index is 0.0234. The van der Waals surface area contributed by atoms with Crippen LogP contribution in [0.1, 0.15) is 35.4 Å². The number of nitrogens with one attached hydrogen (secondary N) is 1. The highest BCUT2D eigenvalue weighted by atomic mass is 16.5. The number of carboxylic acids is 1. The fourth-order valence-electron chi connectivity index (χ4n) is 4.58. The molecule has 3 aromatic carbocycles. The summed E-state index contributed by atoms with van der Waals surface area (Å²) >= 11 is 0. The number of nitrogens with zero attached hydrogens (tertiary/aromatic N) is 1. The quantitative estimate of drug-likeness (QED) is 0.368. The number of ether oxygens (including phenoxy) is 1. The van der Waals surface area contributed by atoms with Gasteiger partial charge in [0.15, 0.2) is 0 Å². The van der Waals surface area contributed by atoms with Crippen molar-refractivity contribution in [2.45, 2.75) is 31.4 Å². The van der Waals surface area contributed by atoms with Gasteiger partial charge in [-0.2, -0.15) is 0 Å². The van der Waals surface area contributed by atoms with E-state index in [2.05, 4.69) is 17.4 Å². The molecule has 0 aromatic heterocycles. The smallest absolute Gasteiger partial charge is 0.407 e. The monoisotopic (exact) mass is 502 g/mol. The van der Waals surface area contributed by atoms with Gasteiger partial charge in [-0.25, -0.2) is 4.79 Å². The molecule has 1 atom stereocenters. The first-order chi connectivity index (χ1) is 17.9. The maximum absolute atomic E-state index is 12.8. The number of carbonyl (C=O) groups is 3. The molecule has 0 spiro atoms. The summed E-state index contributed by atoms with van der Waals surface area (Å²) in [6.07, 6.45) is -2.28. The summed E-state index contributed by atoms with van der Waals surface area (Å²) < 4.78 is 5.46. The van der Waals surface area contributed by atoms with Crippen molar-refractivity contribution >= 4 is 18.0 Å². The molecule has 0 saturated heterocycles. The van der Waals surface area contributed by atoms with E-state index in [1.165, 1.54) is 4.90 Å². The van der Waals surface area contributed by atoms with E-state index in [0.717, 1.165) is 27.8 Å². The summed E-state index contributed by atoms with van der Waals surface area (Å²) in [5.74, 6) is -1.49. The number of hydrogen-bond donors (Lipinski definition) is 3. The molecule has 4 rings (SSSR count). The van der Waals surface area contributed by atoms with Gasteiger partial charge in [-0.3, -0.25) is 9.59 Å². The van der Waals surface area contributed by atoms with Crippen LogP contribution in [-0.2, 0) is 20.9 Å². The highest BCUT2D eigenvalue weighted by molar-refractivity contribution is 5.79. The van der Waals surface area contributed by atoms with Crippen LogP contribution >= 0.6 is 0 Å². The van der Waals surface area contributed by atoms with Gasteiger partial charge in [0.25, 0.3) is 0 Å². The maximum Gasteiger partial charge on any atom is 0.407 e. The van der Waals surface area contributed by atoms with Gasteiger partial charge in [-0.15, -0.1) is 0 Å². The van der Waals surface area contributed by atoms with Gasteiger partial charge < -0.3 is 25.2 Å². The molecule has 1 unspecified atom stereocenters. The molecular weight excluding hydrogens is 472 g/mol. The van der Waals surface area contributed by atoms with E-state index in [1.54, 1.807) is 0 Å². The number of amides is 2. The van der Waals surface area contributed by atoms with Crippen LogP contribution < -0.4 is 5.32 Å². The van der Waals surface area contributed by atoms with Crippen molar-refractivity contribution in [3.63, 3.8) is 0 Å². The molecule has 2 amide bonds. The van der Waals surface area contributed by atoms with Crippen molar-refractivity contribution in [2.24, 2.45) is 0 Å². The van der Waals surface area contributed by atoms with E-state index in [-0.39, 0.29) is 45.0 Å². The zero-order chi connectivity index (χ0) is 26.2. The van der Waals surface area contributed by atoms with Crippen molar-refractivity contribution in [1.82, 2.24) is 10.2 Å². The number of benzene rings is 3. The average molecular weight is 503 g/mol. The van der Waals surface area contributed by atoms with Gasteiger partial charge in [0.2, 0.25) is 5.91 Å². The SMILES string of the molecule is O=C(O)CCN(Cc1ccccc1)C(=O)CC(O)CNC(=O)OCC1c2ccccc2-c2ccccc21. The lowest BCUT2D eigenvalue weighted by molar-refractivity contribution is -0.139. The lowest BCUT2D eigenvalue weighted by atomic mass is 9.98. The van der Waals surface area contributed by atoms with E-state index in [0.29, 0.717) is 0 Å². The van der Waals surface area contributed by atoms with Gasteiger partial charge in [0.05, 0.1) is 18.9 Å². The first kappa shape index (κ1) is 25.9. The van der Waals surface area contributed by atoms with Crippen molar-refractivity contribution in [3.8, 4) is 11.1 Å². The molecule has 0 heterocycles. The van der Waals surface area contributed by atoms with Crippen LogP contribution in [0.2, 0.25) is 0 Å². The molecule has 0 fully saturated rings. The summed E-state index contributed by atoms with van der Waals surface area (Å²) in [4.78, 5) is 37.6. The van der Waals surface area contributed by atoms with E-state index in [1.807, 2.05) is 66.7 Å². The number of rotatable bonds is 11. The Kier molecular flexibility index (Phi) is 8.53. The molecular formula is C29H30N2O6. The van der Waals surface area contributed by atoms with Crippen molar-refractivity contribution in [3.05, 3.63) is 95.6 Å². The predicted molar refractivity (Wildman–Crippen MR) is 138 cm³/mol. The Morgan fingerprint density at radius 2 is 1.49 bits per heavy atom. The van der Waals surface area contributed by atoms with Crippen LogP contribution in [0.4, 0.5) is 4.79 Å². The van der Waals surface area contributed by atoms with Gasteiger partial charge in [0.1, 0.15) is 6.61 Å². The number of aliphatic hydroxyl groups is 1. The third-order valence-electron chi connectivity index (χ3n) is 6.40. The van der Waals surface area contributed by atoms with E-state index in [4.69, 9.17) is 9.84 Å². The minimum atomic E-state index is -1.14. The summed E-state index contributed by atoms with van der Waals surface area (Å²) in [6, 6.07) is 25.3. The summed E-state index contributed by atoms with van der Waals surface area (Å²) in [6.45, 7) is 0.241. The molecule has 0 saturated carbocycles. The Balaban J connectivity index is 1.27. The Bertz CT molecular complexity index is 1200. The van der Waals surface area contributed by atoms with E-state index in [9.17, 15) is 19.5 Å². The number of hydrogen-bond acceptors (Lipinski definition) is 5. The Morgan fingerprint density at radius 3 is 2.11 bits per heavy atom. The second-order valence-corrected chi connectivity index (χ2v) is 9.01. The topological polar surface area (TPSA) is 116 Å². The zero-order valence-electron chi connectivity index (χ0n) is 20.4. The minimum Gasteiger partial charge on any atom is -0.481 e. The van der Waals surface area contributed by atoms with Gasteiger partial charge in [-0.05, 0) is 27.8 Å². The highest BCUT2D eigenvalue weighted by Crippen LogP contribution is 2.44. The second-order valence-electron chi connectivity index (χ2n) is 9.01. The van der Waals surface area contributed by atoms with Crippen LogP contribution in [0.25, 0.3) is 11.1 Å². The summed E-state index contributed by atoms with van der Waals surface area (Å²) in [5.41, 5.74) is 5.31. The van der Waals surface area contributed by atoms with Crippen molar-refractivity contribution in [1.29, 1.82) is 0 Å². The molecule has 1 aliphatic carbocycles. The molecule has 37 heavy (non-hydrogen) atoms. The molecule has 3 aromatic rings. The van der Waals surface area contributed by atoms with Gasteiger partial charge >= 0.3 is 12.1 Å². The molecule has 1 aliphatic rings. The Morgan fingerprint density at radius 1 is 0.892 bits per heavy atom. The van der Waals surface area contributed by atoms with E-state index < -0.39 is 24.1 Å². The lowest BCUT2D eigenvalue weighted by Gasteiger charge is -2.23. The third-order valence-corrected chi connectivity index (χ3v) is 6.40. The van der Waals surface area contributed by atoms with Crippen LogP contribution in [0.5, 0.6) is 0 Å². The van der Waals surface area contributed by atoms with E-state index >= 15 is 0 Å².